The molecule has 7 heteroatoms. The summed E-state index contributed by atoms with van der Waals surface area (Å²) in [6.07, 6.45) is 6.07. The third-order valence-corrected chi connectivity index (χ3v) is 5.87. The summed E-state index contributed by atoms with van der Waals surface area (Å²) < 4.78 is 29.8. The Morgan fingerprint density at radius 2 is 2.00 bits per heavy atom. The Labute approximate surface area is 186 Å². The highest BCUT2D eigenvalue weighted by atomic mass is 19.1. The monoisotopic (exact) mass is 438 g/mol. The number of carbonyl (C=O) groups excluding carboxylic acids is 1. The van der Waals surface area contributed by atoms with Crippen molar-refractivity contribution >= 4 is 16.8 Å². The van der Waals surface area contributed by atoms with E-state index in [1.807, 2.05) is 6.08 Å². The van der Waals surface area contributed by atoms with Crippen molar-refractivity contribution in [2.45, 2.75) is 25.7 Å². The fraction of sp³-hybridized carbons (Fsp3) is 0.360. The molecule has 0 unspecified atom stereocenters. The Bertz CT molecular complexity index is 1120. The second-order valence-electron chi connectivity index (χ2n) is 7.99. The number of halogens is 1. The lowest BCUT2D eigenvalue weighted by molar-refractivity contribution is 0.101. The SMILES string of the molecule is COc1cc(C(C)=O)ccc1OC/C=C\CN1CCC(c2noc3cc(F)ccc23)CC1. The average molecular weight is 438 g/mol. The van der Waals surface area contributed by atoms with Crippen LogP contribution in [0.5, 0.6) is 11.5 Å². The van der Waals surface area contributed by atoms with E-state index in [0.717, 1.165) is 43.6 Å². The van der Waals surface area contributed by atoms with Gasteiger partial charge in [-0.1, -0.05) is 17.3 Å². The van der Waals surface area contributed by atoms with Crippen LogP contribution in [0.3, 0.4) is 0 Å². The molecule has 168 valence electrons. The van der Waals surface area contributed by atoms with Crippen LogP contribution in [-0.4, -0.2) is 49.2 Å². The molecule has 1 aliphatic heterocycles. The number of benzene rings is 2. The van der Waals surface area contributed by atoms with Crippen LogP contribution in [0, 0.1) is 5.82 Å². The molecule has 0 N–H and O–H groups in total. The molecule has 0 spiro atoms. The molecule has 1 aliphatic rings. The number of rotatable bonds is 8. The highest BCUT2D eigenvalue weighted by Crippen LogP contribution is 2.33. The van der Waals surface area contributed by atoms with Crippen LogP contribution in [0.2, 0.25) is 0 Å². The summed E-state index contributed by atoms with van der Waals surface area (Å²) in [6, 6.07) is 9.80. The normalized spacial score (nSPS) is 15.5. The lowest BCUT2D eigenvalue weighted by atomic mass is 9.91. The second-order valence-corrected chi connectivity index (χ2v) is 7.99. The van der Waals surface area contributed by atoms with Crippen LogP contribution in [-0.2, 0) is 0 Å². The van der Waals surface area contributed by atoms with Gasteiger partial charge in [0.2, 0.25) is 0 Å². The van der Waals surface area contributed by atoms with Gasteiger partial charge in [-0.25, -0.2) is 4.39 Å². The quantitative estimate of drug-likeness (QED) is 0.365. The Hall–Kier alpha value is -3.19. The number of aromatic nitrogens is 1. The summed E-state index contributed by atoms with van der Waals surface area (Å²) in [6.45, 7) is 4.72. The van der Waals surface area contributed by atoms with Gasteiger partial charge in [0.05, 0.1) is 12.8 Å². The van der Waals surface area contributed by atoms with E-state index in [9.17, 15) is 9.18 Å². The van der Waals surface area contributed by atoms with Gasteiger partial charge >= 0.3 is 0 Å². The van der Waals surface area contributed by atoms with Crippen LogP contribution in [0.15, 0.2) is 53.1 Å². The van der Waals surface area contributed by atoms with E-state index < -0.39 is 0 Å². The molecule has 4 rings (SSSR count). The van der Waals surface area contributed by atoms with Crippen LogP contribution in [0.25, 0.3) is 11.0 Å². The Balaban J connectivity index is 1.24. The fourth-order valence-corrected chi connectivity index (χ4v) is 4.05. The molecule has 3 aromatic rings. The smallest absolute Gasteiger partial charge is 0.170 e. The number of nitrogens with zero attached hydrogens (tertiary/aromatic N) is 2. The van der Waals surface area contributed by atoms with Crippen molar-refractivity contribution in [3.8, 4) is 11.5 Å². The summed E-state index contributed by atoms with van der Waals surface area (Å²) in [7, 11) is 1.56. The van der Waals surface area contributed by atoms with Crippen LogP contribution < -0.4 is 9.47 Å². The van der Waals surface area contributed by atoms with Gasteiger partial charge in [-0.2, -0.15) is 0 Å². The van der Waals surface area contributed by atoms with E-state index in [4.69, 9.17) is 14.0 Å². The van der Waals surface area contributed by atoms with Crippen molar-refractivity contribution in [2.24, 2.45) is 0 Å². The summed E-state index contributed by atoms with van der Waals surface area (Å²) >= 11 is 0. The minimum atomic E-state index is -0.308. The number of hydrogen-bond donors (Lipinski definition) is 0. The molecule has 32 heavy (non-hydrogen) atoms. The zero-order valence-corrected chi connectivity index (χ0v) is 18.3. The third kappa shape index (κ3) is 4.99. The fourth-order valence-electron chi connectivity index (χ4n) is 4.05. The number of likely N-dealkylation sites (tertiary alicyclic amines) is 1. The van der Waals surface area contributed by atoms with Gasteiger partial charge in [0.15, 0.2) is 22.9 Å². The van der Waals surface area contributed by atoms with Crippen molar-refractivity contribution < 1.29 is 23.2 Å². The molecule has 1 aromatic heterocycles. The largest absolute Gasteiger partial charge is 0.493 e. The second kappa shape index (κ2) is 9.96. The number of piperidine rings is 1. The number of ether oxygens (including phenoxy) is 2. The van der Waals surface area contributed by atoms with Crippen LogP contribution in [0.4, 0.5) is 4.39 Å². The minimum absolute atomic E-state index is 0.0100. The van der Waals surface area contributed by atoms with Gasteiger partial charge in [0.25, 0.3) is 0 Å². The number of hydrogen-bond acceptors (Lipinski definition) is 6. The minimum Gasteiger partial charge on any atom is -0.493 e. The van der Waals surface area contributed by atoms with Gasteiger partial charge in [0, 0.05) is 29.5 Å². The van der Waals surface area contributed by atoms with Gasteiger partial charge in [-0.3, -0.25) is 9.69 Å². The maximum Gasteiger partial charge on any atom is 0.170 e. The Morgan fingerprint density at radius 3 is 2.75 bits per heavy atom. The molecule has 0 saturated carbocycles. The summed E-state index contributed by atoms with van der Waals surface area (Å²) in [4.78, 5) is 13.9. The molecule has 0 bridgehead atoms. The lowest BCUT2D eigenvalue weighted by Crippen LogP contribution is -2.33. The predicted molar refractivity (Wildman–Crippen MR) is 120 cm³/mol. The highest BCUT2D eigenvalue weighted by Gasteiger charge is 2.24. The molecule has 0 atom stereocenters. The number of carbonyl (C=O) groups is 1. The summed E-state index contributed by atoms with van der Waals surface area (Å²) in [5.41, 5.74) is 2.05. The van der Waals surface area contributed by atoms with E-state index in [1.54, 1.807) is 31.4 Å². The number of ketones is 1. The van der Waals surface area contributed by atoms with Crippen molar-refractivity contribution in [1.29, 1.82) is 0 Å². The van der Waals surface area contributed by atoms with Crippen molar-refractivity contribution in [3.63, 3.8) is 0 Å². The number of Topliss-reactive ketones (excluding diaryl/α,β-unsaturated/α-hetero) is 1. The van der Waals surface area contributed by atoms with E-state index in [-0.39, 0.29) is 11.6 Å². The summed E-state index contributed by atoms with van der Waals surface area (Å²) in [5.74, 6) is 1.18. The van der Waals surface area contributed by atoms with Gasteiger partial charge in [-0.05, 0) is 63.2 Å². The molecule has 1 saturated heterocycles. The molecule has 0 aliphatic carbocycles. The van der Waals surface area contributed by atoms with E-state index >= 15 is 0 Å². The van der Waals surface area contributed by atoms with Gasteiger partial charge in [0.1, 0.15) is 12.4 Å². The van der Waals surface area contributed by atoms with E-state index in [2.05, 4.69) is 16.1 Å². The molecule has 6 nitrogen and oxygen atoms in total. The first kappa shape index (κ1) is 22.0. The van der Waals surface area contributed by atoms with Crippen molar-refractivity contribution in [2.75, 3.05) is 33.4 Å². The topological polar surface area (TPSA) is 64.8 Å². The zero-order valence-electron chi connectivity index (χ0n) is 18.3. The maximum absolute atomic E-state index is 13.4. The van der Waals surface area contributed by atoms with Gasteiger partial charge in [-0.15, -0.1) is 0 Å². The van der Waals surface area contributed by atoms with Crippen molar-refractivity contribution in [3.05, 3.63) is 65.6 Å². The standard InChI is InChI=1S/C25H27FN2O4/c1-17(29)19-5-8-22(24(15-19)30-2)31-14-4-3-11-28-12-9-18(10-13-28)25-21-7-6-20(26)16-23(21)32-27-25/h3-8,15-16,18H,9-14H2,1-2H3/b4-3-. The molecule has 0 radical (unpaired) electrons. The molecule has 0 amide bonds. The van der Waals surface area contributed by atoms with Crippen molar-refractivity contribution in [1.82, 2.24) is 10.1 Å². The van der Waals surface area contributed by atoms with E-state index in [0.29, 0.717) is 35.2 Å². The Morgan fingerprint density at radius 1 is 1.19 bits per heavy atom. The number of fused-ring (bicyclic) bond motifs is 1. The van der Waals surface area contributed by atoms with E-state index in [1.165, 1.54) is 19.1 Å². The average Bonchev–Trinajstić information content (AvgIpc) is 3.22. The molecular formula is C25H27FN2O4. The molecule has 2 heterocycles. The maximum atomic E-state index is 13.4. The third-order valence-electron chi connectivity index (χ3n) is 5.87. The molecule has 2 aromatic carbocycles. The molecular weight excluding hydrogens is 411 g/mol. The first-order valence-electron chi connectivity index (χ1n) is 10.8. The first-order chi connectivity index (χ1) is 15.5. The zero-order chi connectivity index (χ0) is 22.5. The molecule has 1 fully saturated rings. The first-order valence-corrected chi connectivity index (χ1v) is 10.8. The lowest BCUT2D eigenvalue weighted by Gasteiger charge is -2.30. The number of methoxy groups -OCH3 is 1. The highest BCUT2D eigenvalue weighted by molar-refractivity contribution is 5.94. The Kier molecular flexibility index (Phi) is 6.85. The predicted octanol–water partition coefficient (Wildman–Crippen LogP) is 4.99. The summed E-state index contributed by atoms with van der Waals surface area (Å²) in [5, 5.41) is 5.12. The van der Waals surface area contributed by atoms with Crippen LogP contribution in [0.1, 0.15) is 41.7 Å². The van der Waals surface area contributed by atoms with Crippen LogP contribution >= 0.6 is 0 Å². The van der Waals surface area contributed by atoms with Gasteiger partial charge < -0.3 is 14.0 Å².